The highest BCUT2D eigenvalue weighted by atomic mass is 19.4. The second-order valence-electron chi connectivity index (χ2n) is 6.67. The van der Waals surface area contributed by atoms with Crippen LogP contribution in [0.15, 0.2) is 24.3 Å². The van der Waals surface area contributed by atoms with Crippen molar-refractivity contribution in [2.75, 3.05) is 19.6 Å². The molecular formula is C19H25F3N2O2. The lowest BCUT2D eigenvalue weighted by Gasteiger charge is -2.37. The lowest BCUT2D eigenvalue weighted by atomic mass is 9.90. The first-order valence-corrected chi connectivity index (χ1v) is 8.92. The molecule has 0 saturated carbocycles. The van der Waals surface area contributed by atoms with Gasteiger partial charge in [0.25, 0.3) is 0 Å². The molecule has 0 radical (unpaired) electrons. The summed E-state index contributed by atoms with van der Waals surface area (Å²) >= 11 is 0. The fourth-order valence-corrected chi connectivity index (χ4v) is 3.40. The quantitative estimate of drug-likeness (QED) is 0.766. The molecule has 0 bridgehead atoms. The third-order valence-corrected chi connectivity index (χ3v) is 4.69. The first-order valence-electron chi connectivity index (χ1n) is 8.92. The van der Waals surface area contributed by atoms with Crippen LogP contribution >= 0.6 is 0 Å². The molecule has 0 fully saturated rings. The predicted molar refractivity (Wildman–Crippen MR) is 92.4 cm³/mol. The van der Waals surface area contributed by atoms with E-state index in [2.05, 4.69) is 0 Å². The summed E-state index contributed by atoms with van der Waals surface area (Å²) < 4.78 is 38.6. The molecule has 2 rings (SSSR count). The van der Waals surface area contributed by atoms with Crippen LogP contribution in [0.4, 0.5) is 13.2 Å². The SMILES string of the molecule is CCCCN(CC(F)(F)F)C(=O)C[C@@H]1c2ccccc2CCN1C(C)=O. The van der Waals surface area contributed by atoms with Gasteiger partial charge in [-0.3, -0.25) is 9.59 Å². The minimum atomic E-state index is -4.44. The Labute approximate surface area is 152 Å². The van der Waals surface area contributed by atoms with Crippen LogP contribution in [0.3, 0.4) is 0 Å². The molecule has 1 atom stereocenters. The highest BCUT2D eigenvalue weighted by molar-refractivity contribution is 5.80. The number of carbonyl (C=O) groups excluding carboxylic acids is 2. The van der Waals surface area contributed by atoms with Gasteiger partial charge in [0.05, 0.1) is 12.5 Å². The summed E-state index contributed by atoms with van der Waals surface area (Å²) in [5, 5.41) is 0. The molecule has 7 heteroatoms. The normalized spacial score (nSPS) is 17.0. The van der Waals surface area contributed by atoms with Crippen LogP contribution in [-0.2, 0) is 16.0 Å². The number of amides is 2. The number of alkyl halides is 3. The minimum absolute atomic E-state index is 0.0727. The van der Waals surface area contributed by atoms with Crippen LogP contribution in [-0.4, -0.2) is 47.4 Å². The Morgan fingerprint density at radius 2 is 1.96 bits per heavy atom. The molecule has 1 aromatic rings. The molecule has 1 aliphatic rings. The van der Waals surface area contributed by atoms with Crippen LogP contribution in [0.25, 0.3) is 0 Å². The summed E-state index contributed by atoms with van der Waals surface area (Å²) in [4.78, 5) is 27.1. The lowest BCUT2D eigenvalue weighted by molar-refractivity contribution is -0.162. The van der Waals surface area contributed by atoms with Crippen LogP contribution < -0.4 is 0 Å². The van der Waals surface area contributed by atoms with E-state index in [-0.39, 0.29) is 18.9 Å². The van der Waals surface area contributed by atoms with Gasteiger partial charge in [-0.1, -0.05) is 37.6 Å². The molecule has 1 aromatic carbocycles. The summed E-state index contributed by atoms with van der Waals surface area (Å²) in [6.07, 6.45) is -2.67. The number of unbranched alkanes of at least 4 members (excludes halogenated alkanes) is 1. The van der Waals surface area contributed by atoms with Crippen molar-refractivity contribution >= 4 is 11.8 Å². The Morgan fingerprint density at radius 1 is 1.27 bits per heavy atom. The summed E-state index contributed by atoms with van der Waals surface area (Å²) in [5.74, 6) is -0.739. The van der Waals surface area contributed by atoms with Gasteiger partial charge in [-0.25, -0.2) is 0 Å². The molecule has 0 unspecified atom stereocenters. The zero-order chi connectivity index (χ0) is 19.3. The summed E-state index contributed by atoms with van der Waals surface area (Å²) in [5.41, 5.74) is 1.89. The van der Waals surface area contributed by atoms with E-state index in [1.165, 1.54) is 6.92 Å². The van der Waals surface area contributed by atoms with Crippen molar-refractivity contribution in [1.82, 2.24) is 9.80 Å². The van der Waals surface area contributed by atoms with Gasteiger partial charge < -0.3 is 9.80 Å². The van der Waals surface area contributed by atoms with E-state index in [1.807, 2.05) is 31.2 Å². The molecule has 0 aromatic heterocycles. The topological polar surface area (TPSA) is 40.6 Å². The fraction of sp³-hybridized carbons (Fsp3) is 0.579. The monoisotopic (exact) mass is 370 g/mol. The highest BCUT2D eigenvalue weighted by Gasteiger charge is 2.36. The average molecular weight is 370 g/mol. The maximum absolute atomic E-state index is 12.9. The van der Waals surface area contributed by atoms with Gasteiger partial charge in [0.15, 0.2) is 0 Å². The number of benzene rings is 1. The Bertz CT molecular complexity index is 646. The number of fused-ring (bicyclic) bond motifs is 1. The minimum Gasteiger partial charge on any atom is -0.335 e. The number of nitrogens with zero attached hydrogens (tertiary/aromatic N) is 2. The summed E-state index contributed by atoms with van der Waals surface area (Å²) in [6.45, 7) is 2.59. The Hall–Kier alpha value is -2.05. The van der Waals surface area contributed by atoms with Crippen LogP contribution in [0.1, 0.15) is 50.3 Å². The second-order valence-corrected chi connectivity index (χ2v) is 6.67. The van der Waals surface area contributed by atoms with Crippen LogP contribution in [0.5, 0.6) is 0 Å². The second kappa shape index (κ2) is 8.56. The molecule has 1 heterocycles. The molecule has 4 nitrogen and oxygen atoms in total. The van der Waals surface area contributed by atoms with Gasteiger partial charge in [-0.2, -0.15) is 13.2 Å². The van der Waals surface area contributed by atoms with Crippen molar-refractivity contribution in [2.45, 2.75) is 51.7 Å². The molecule has 0 spiro atoms. The molecule has 144 valence electrons. The van der Waals surface area contributed by atoms with Crippen molar-refractivity contribution in [1.29, 1.82) is 0 Å². The third-order valence-electron chi connectivity index (χ3n) is 4.69. The van der Waals surface area contributed by atoms with E-state index in [4.69, 9.17) is 0 Å². The van der Waals surface area contributed by atoms with E-state index < -0.39 is 24.7 Å². The summed E-state index contributed by atoms with van der Waals surface area (Å²) in [7, 11) is 0. The zero-order valence-electron chi connectivity index (χ0n) is 15.2. The largest absolute Gasteiger partial charge is 0.406 e. The van der Waals surface area contributed by atoms with Gasteiger partial charge >= 0.3 is 6.18 Å². The van der Waals surface area contributed by atoms with Crippen molar-refractivity contribution in [2.24, 2.45) is 0 Å². The van der Waals surface area contributed by atoms with E-state index >= 15 is 0 Å². The first-order chi connectivity index (χ1) is 12.2. The first kappa shape index (κ1) is 20.3. The number of hydrogen-bond acceptors (Lipinski definition) is 2. The highest BCUT2D eigenvalue weighted by Crippen LogP contribution is 2.33. The zero-order valence-corrected chi connectivity index (χ0v) is 15.2. The van der Waals surface area contributed by atoms with Gasteiger partial charge in [0.1, 0.15) is 6.54 Å². The molecule has 0 saturated heterocycles. The number of rotatable bonds is 6. The Balaban J connectivity index is 2.23. The molecule has 1 aliphatic heterocycles. The fourth-order valence-electron chi connectivity index (χ4n) is 3.40. The van der Waals surface area contributed by atoms with Gasteiger partial charge in [-0.05, 0) is 24.0 Å². The van der Waals surface area contributed by atoms with Gasteiger partial charge in [0, 0.05) is 20.0 Å². The Morgan fingerprint density at radius 3 is 2.58 bits per heavy atom. The van der Waals surface area contributed by atoms with Crippen molar-refractivity contribution in [3.05, 3.63) is 35.4 Å². The van der Waals surface area contributed by atoms with E-state index in [9.17, 15) is 22.8 Å². The maximum Gasteiger partial charge on any atom is 0.406 e. The molecule has 26 heavy (non-hydrogen) atoms. The summed E-state index contributed by atoms with van der Waals surface area (Å²) in [6, 6.07) is 6.99. The molecule has 0 aliphatic carbocycles. The number of carbonyl (C=O) groups is 2. The van der Waals surface area contributed by atoms with Crippen LogP contribution in [0.2, 0.25) is 0 Å². The van der Waals surface area contributed by atoms with Crippen molar-refractivity contribution < 1.29 is 22.8 Å². The smallest absolute Gasteiger partial charge is 0.335 e. The number of hydrogen-bond donors (Lipinski definition) is 0. The maximum atomic E-state index is 12.9. The van der Waals surface area contributed by atoms with E-state index in [0.717, 1.165) is 16.0 Å². The van der Waals surface area contributed by atoms with Gasteiger partial charge in [0.2, 0.25) is 11.8 Å². The predicted octanol–water partition coefficient (Wildman–Crippen LogP) is 3.71. The molecule has 2 amide bonds. The van der Waals surface area contributed by atoms with Crippen molar-refractivity contribution in [3.8, 4) is 0 Å². The van der Waals surface area contributed by atoms with E-state index in [1.54, 1.807) is 4.90 Å². The molecular weight excluding hydrogens is 345 g/mol. The molecule has 0 N–H and O–H groups in total. The van der Waals surface area contributed by atoms with Crippen LogP contribution in [0, 0.1) is 0 Å². The number of halogens is 3. The lowest BCUT2D eigenvalue weighted by Crippen LogP contribution is -2.44. The standard InChI is InChI=1S/C19H25F3N2O2/c1-3-4-10-23(13-19(20,21)22)18(26)12-17-16-8-6-5-7-15(16)9-11-24(17)14(2)25/h5-8,17H,3-4,9-13H2,1-2H3/t17-/m1/s1. The average Bonchev–Trinajstić information content (AvgIpc) is 2.57. The van der Waals surface area contributed by atoms with E-state index in [0.29, 0.717) is 25.8 Å². The third kappa shape index (κ3) is 5.22. The van der Waals surface area contributed by atoms with Crippen molar-refractivity contribution in [3.63, 3.8) is 0 Å². The Kier molecular flexibility index (Phi) is 6.67. The van der Waals surface area contributed by atoms with Gasteiger partial charge in [-0.15, -0.1) is 0 Å².